The molecule has 0 spiro atoms. The van der Waals surface area contributed by atoms with Gasteiger partial charge in [-0.15, -0.1) is 0 Å². The molecular weight excluding hydrogens is 240 g/mol. The summed E-state index contributed by atoms with van der Waals surface area (Å²) >= 11 is 0. The summed E-state index contributed by atoms with van der Waals surface area (Å²) in [6.07, 6.45) is 12.1. The SMILES string of the molecule is CC(C)C1CCC(C(C)C2CCC(C(C)C)CC2)CC1. The maximum absolute atomic E-state index is 2.58. The Balaban J connectivity index is 1.77. The molecule has 0 saturated heterocycles. The molecular formula is C20H38. The highest BCUT2D eigenvalue weighted by molar-refractivity contribution is 4.84. The first-order valence-corrected chi connectivity index (χ1v) is 9.49. The van der Waals surface area contributed by atoms with Crippen LogP contribution in [0.4, 0.5) is 0 Å². The zero-order chi connectivity index (χ0) is 14.7. The topological polar surface area (TPSA) is 0 Å². The average Bonchev–Trinajstić information content (AvgIpc) is 2.46. The molecule has 0 N–H and O–H groups in total. The molecule has 0 radical (unpaired) electrons. The van der Waals surface area contributed by atoms with Crippen molar-refractivity contribution in [3.05, 3.63) is 0 Å². The Labute approximate surface area is 128 Å². The maximum atomic E-state index is 2.58. The lowest BCUT2D eigenvalue weighted by Crippen LogP contribution is -2.30. The minimum atomic E-state index is 0.910. The van der Waals surface area contributed by atoms with Gasteiger partial charge in [-0.3, -0.25) is 0 Å². The van der Waals surface area contributed by atoms with Gasteiger partial charge in [0.1, 0.15) is 0 Å². The number of hydrogen-bond donors (Lipinski definition) is 0. The highest BCUT2D eigenvalue weighted by atomic mass is 14.4. The van der Waals surface area contributed by atoms with Gasteiger partial charge in [-0.05, 0) is 92.8 Å². The molecule has 0 heterocycles. The van der Waals surface area contributed by atoms with E-state index in [1.165, 1.54) is 51.4 Å². The number of hydrogen-bond acceptors (Lipinski definition) is 0. The van der Waals surface area contributed by atoms with Gasteiger partial charge in [0, 0.05) is 0 Å². The molecule has 2 fully saturated rings. The van der Waals surface area contributed by atoms with Crippen molar-refractivity contribution >= 4 is 0 Å². The molecule has 0 nitrogen and oxygen atoms in total. The molecule has 2 saturated carbocycles. The Morgan fingerprint density at radius 1 is 0.450 bits per heavy atom. The normalized spacial score (nSPS) is 37.4. The van der Waals surface area contributed by atoms with Crippen molar-refractivity contribution in [3.8, 4) is 0 Å². The fraction of sp³-hybridized carbons (Fsp3) is 1.00. The van der Waals surface area contributed by atoms with Crippen LogP contribution in [0.2, 0.25) is 0 Å². The van der Waals surface area contributed by atoms with Crippen LogP contribution in [0.5, 0.6) is 0 Å². The zero-order valence-electron chi connectivity index (χ0n) is 14.7. The first-order valence-electron chi connectivity index (χ1n) is 9.49. The molecule has 2 aliphatic rings. The molecule has 2 rings (SSSR count). The van der Waals surface area contributed by atoms with Crippen LogP contribution in [0.15, 0.2) is 0 Å². The fourth-order valence-corrected chi connectivity index (χ4v) is 5.06. The van der Waals surface area contributed by atoms with Crippen molar-refractivity contribution in [2.45, 2.75) is 86.0 Å². The van der Waals surface area contributed by atoms with Gasteiger partial charge in [-0.2, -0.15) is 0 Å². The van der Waals surface area contributed by atoms with E-state index in [1.54, 1.807) is 0 Å². The summed E-state index contributed by atoms with van der Waals surface area (Å²) in [5, 5.41) is 0. The van der Waals surface area contributed by atoms with Crippen molar-refractivity contribution in [2.75, 3.05) is 0 Å². The van der Waals surface area contributed by atoms with Gasteiger partial charge >= 0.3 is 0 Å². The average molecular weight is 279 g/mol. The third-order valence-corrected chi connectivity index (χ3v) is 7.01. The summed E-state index contributed by atoms with van der Waals surface area (Å²) in [5.74, 6) is 6.96. The van der Waals surface area contributed by atoms with E-state index in [-0.39, 0.29) is 0 Å². The van der Waals surface area contributed by atoms with E-state index in [1.807, 2.05) is 0 Å². The Kier molecular flexibility index (Phi) is 5.99. The summed E-state index contributed by atoms with van der Waals surface area (Å²) < 4.78 is 0. The quantitative estimate of drug-likeness (QED) is 0.547. The van der Waals surface area contributed by atoms with Crippen LogP contribution in [0.1, 0.15) is 86.0 Å². The van der Waals surface area contributed by atoms with E-state index in [2.05, 4.69) is 34.6 Å². The Hall–Kier alpha value is 0. The third kappa shape index (κ3) is 4.01. The largest absolute Gasteiger partial charge is 0.0625 e. The second-order valence-electron chi connectivity index (χ2n) is 8.70. The van der Waals surface area contributed by atoms with Crippen LogP contribution in [0.25, 0.3) is 0 Å². The molecule has 0 aromatic carbocycles. The Morgan fingerprint density at radius 3 is 0.950 bits per heavy atom. The fourth-order valence-electron chi connectivity index (χ4n) is 5.06. The molecule has 0 aromatic rings. The zero-order valence-corrected chi connectivity index (χ0v) is 14.7. The van der Waals surface area contributed by atoms with E-state index in [0.29, 0.717) is 0 Å². The molecule has 20 heavy (non-hydrogen) atoms. The summed E-state index contributed by atoms with van der Waals surface area (Å²) in [6, 6.07) is 0. The highest BCUT2D eigenvalue weighted by Crippen LogP contribution is 2.44. The van der Waals surface area contributed by atoms with Crippen molar-refractivity contribution in [2.24, 2.45) is 41.4 Å². The van der Waals surface area contributed by atoms with Gasteiger partial charge in [0.2, 0.25) is 0 Å². The van der Waals surface area contributed by atoms with Crippen LogP contribution in [-0.2, 0) is 0 Å². The Bertz CT molecular complexity index is 234. The van der Waals surface area contributed by atoms with Crippen molar-refractivity contribution in [3.63, 3.8) is 0 Å². The molecule has 0 heteroatoms. The van der Waals surface area contributed by atoms with Gasteiger partial charge in [-0.1, -0.05) is 34.6 Å². The van der Waals surface area contributed by atoms with Gasteiger partial charge in [0.15, 0.2) is 0 Å². The van der Waals surface area contributed by atoms with E-state index < -0.39 is 0 Å². The van der Waals surface area contributed by atoms with E-state index >= 15 is 0 Å². The third-order valence-electron chi connectivity index (χ3n) is 7.01. The van der Waals surface area contributed by atoms with Gasteiger partial charge in [-0.25, -0.2) is 0 Å². The predicted octanol–water partition coefficient (Wildman–Crippen LogP) is 6.55. The lowest BCUT2D eigenvalue weighted by molar-refractivity contribution is 0.106. The standard InChI is InChI=1S/C20H38/c1-14(2)17-6-10-19(11-7-17)16(5)20-12-8-18(9-13-20)15(3)4/h14-20H,6-13H2,1-5H3. The van der Waals surface area contributed by atoms with Crippen molar-refractivity contribution in [1.29, 1.82) is 0 Å². The minimum Gasteiger partial charge on any atom is -0.0625 e. The van der Waals surface area contributed by atoms with Crippen LogP contribution in [-0.4, -0.2) is 0 Å². The molecule has 0 atom stereocenters. The molecule has 118 valence electrons. The van der Waals surface area contributed by atoms with Crippen molar-refractivity contribution < 1.29 is 0 Å². The van der Waals surface area contributed by atoms with Crippen LogP contribution >= 0.6 is 0 Å². The van der Waals surface area contributed by atoms with E-state index in [4.69, 9.17) is 0 Å². The molecule has 2 aliphatic carbocycles. The summed E-state index contributed by atoms with van der Waals surface area (Å²) in [7, 11) is 0. The number of rotatable bonds is 4. The summed E-state index contributed by atoms with van der Waals surface area (Å²) in [5.41, 5.74) is 0. The first kappa shape index (κ1) is 16.4. The van der Waals surface area contributed by atoms with E-state index in [9.17, 15) is 0 Å². The molecule has 0 unspecified atom stereocenters. The van der Waals surface area contributed by atoms with Gasteiger partial charge < -0.3 is 0 Å². The monoisotopic (exact) mass is 278 g/mol. The second-order valence-corrected chi connectivity index (χ2v) is 8.70. The summed E-state index contributed by atoms with van der Waals surface area (Å²) in [4.78, 5) is 0. The molecule has 0 aromatic heterocycles. The second kappa shape index (κ2) is 7.32. The summed E-state index contributed by atoms with van der Waals surface area (Å²) in [6.45, 7) is 12.3. The molecule has 0 aliphatic heterocycles. The maximum Gasteiger partial charge on any atom is -0.0386 e. The smallest absolute Gasteiger partial charge is 0.0386 e. The van der Waals surface area contributed by atoms with E-state index in [0.717, 1.165) is 41.4 Å². The van der Waals surface area contributed by atoms with Crippen LogP contribution in [0, 0.1) is 41.4 Å². The molecule has 0 bridgehead atoms. The minimum absolute atomic E-state index is 0.910. The highest BCUT2D eigenvalue weighted by Gasteiger charge is 2.33. The lowest BCUT2D eigenvalue weighted by Gasteiger charge is -2.40. The Morgan fingerprint density at radius 2 is 0.700 bits per heavy atom. The van der Waals surface area contributed by atoms with Crippen LogP contribution in [0.3, 0.4) is 0 Å². The molecule has 0 amide bonds. The first-order chi connectivity index (χ1) is 9.49. The van der Waals surface area contributed by atoms with Crippen molar-refractivity contribution in [1.82, 2.24) is 0 Å². The lowest BCUT2D eigenvalue weighted by atomic mass is 9.65. The van der Waals surface area contributed by atoms with Crippen LogP contribution < -0.4 is 0 Å². The predicted molar refractivity (Wildman–Crippen MR) is 89.7 cm³/mol. The van der Waals surface area contributed by atoms with Gasteiger partial charge in [0.05, 0.1) is 0 Å². The van der Waals surface area contributed by atoms with Gasteiger partial charge in [0.25, 0.3) is 0 Å².